The van der Waals surface area contributed by atoms with Crippen molar-refractivity contribution in [2.45, 2.75) is 32.1 Å². The van der Waals surface area contributed by atoms with Gasteiger partial charge < -0.3 is 19.7 Å². The Morgan fingerprint density at radius 2 is 1.96 bits per heavy atom. The van der Waals surface area contributed by atoms with Gasteiger partial charge in [0.05, 0.1) is 20.1 Å². The third kappa shape index (κ3) is 3.79. The Hall–Kier alpha value is -2.24. The van der Waals surface area contributed by atoms with E-state index in [1.807, 2.05) is 30.0 Å². The van der Waals surface area contributed by atoms with E-state index in [2.05, 4.69) is 5.32 Å². The van der Waals surface area contributed by atoms with Crippen molar-refractivity contribution in [1.29, 1.82) is 0 Å². The lowest BCUT2D eigenvalue weighted by Gasteiger charge is -2.21. The fourth-order valence-electron chi connectivity index (χ4n) is 3.66. The summed E-state index contributed by atoms with van der Waals surface area (Å²) in [7, 11) is 3.24. The standard InChI is InChI=1S/C20H28N2O4/c1-4-9-21-19(23)17-12-22(20(24)13-5-6-13)11-16(17)15-10-14(25-2)7-8-18(15)26-3/h7-8,10,13,16-17H,4-6,9,11-12H2,1-3H3,(H,21,23). The van der Waals surface area contributed by atoms with Crippen molar-refractivity contribution in [1.82, 2.24) is 10.2 Å². The minimum Gasteiger partial charge on any atom is -0.497 e. The molecule has 2 atom stereocenters. The molecule has 1 saturated carbocycles. The van der Waals surface area contributed by atoms with Crippen LogP contribution in [-0.4, -0.2) is 50.6 Å². The molecule has 2 aliphatic rings. The molecule has 2 fully saturated rings. The van der Waals surface area contributed by atoms with E-state index in [0.29, 0.717) is 19.6 Å². The number of benzene rings is 1. The SMILES string of the molecule is CCCNC(=O)C1CN(C(=O)C2CC2)CC1c1cc(OC)ccc1OC. The average Bonchev–Trinajstić information content (AvgIpc) is 3.43. The van der Waals surface area contributed by atoms with Gasteiger partial charge in [-0.3, -0.25) is 9.59 Å². The summed E-state index contributed by atoms with van der Waals surface area (Å²) >= 11 is 0. The minimum atomic E-state index is -0.273. The van der Waals surface area contributed by atoms with Gasteiger partial charge in [0.1, 0.15) is 11.5 Å². The first-order chi connectivity index (χ1) is 12.6. The Labute approximate surface area is 154 Å². The summed E-state index contributed by atoms with van der Waals surface area (Å²) in [6, 6.07) is 5.63. The second-order valence-electron chi connectivity index (χ2n) is 7.13. The molecule has 1 heterocycles. The molecule has 6 nitrogen and oxygen atoms in total. The largest absolute Gasteiger partial charge is 0.497 e. The van der Waals surface area contributed by atoms with Crippen LogP contribution in [0.25, 0.3) is 0 Å². The number of hydrogen-bond acceptors (Lipinski definition) is 4. The lowest BCUT2D eigenvalue weighted by molar-refractivity contribution is -0.132. The third-order valence-corrected chi connectivity index (χ3v) is 5.28. The van der Waals surface area contributed by atoms with Gasteiger partial charge in [-0.25, -0.2) is 0 Å². The first-order valence-corrected chi connectivity index (χ1v) is 9.37. The topological polar surface area (TPSA) is 67.9 Å². The molecule has 0 spiro atoms. The molecule has 1 N–H and O–H groups in total. The van der Waals surface area contributed by atoms with Crippen LogP contribution < -0.4 is 14.8 Å². The number of ether oxygens (including phenoxy) is 2. The first-order valence-electron chi connectivity index (χ1n) is 9.37. The molecule has 3 rings (SSSR count). The zero-order chi connectivity index (χ0) is 18.7. The molecule has 6 heteroatoms. The smallest absolute Gasteiger partial charge is 0.225 e. The number of likely N-dealkylation sites (tertiary alicyclic amines) is 1. The van der Waals surface area contributed by atoms with E-state index in [4.69, 9.17) is 9.47 Å². The number of methoxy groups -OCH3 is 2. The monoisotopic (exact) mass is 360 g/mol. The Balaban J connectivity index is 1.90. The molecule has 2 amide bonds. The molecule has 1 saturated heterocycles. The average molecular weight is 360 g/mol. The summed E-state index contributed by atoms with van der Waals surface area (Å²) in [5.41, 5.74) is 0.926. The molecule has 1 aromatic carbocycles. The molecule has 26 heavy (non-hydrogen) atoms. The Morgan fingerprint density at radius 1 is 1.19 bits per heavy atom. The van der Waals surface area contributed by atoms with Crippen molar-refractivity contribution < 1.29 is 19.1 Å². The maximum absolute atomic E-state index is 12.8. The van der Waals surface area contributed by atoms with Crippen LogP contribution in [0, 0.1) is 11.8 Å². The zero-order valence-electron chi connectivity index (χ0n) is 15.8. The highest BCUT2D eigenvalue weighted by Crippen LogP contribution is 2.41. The maximum Gasteiger partial charge on any atom is 0.225 e. The van der Waals surface area contributed by atoms with Gasteiger partial charge in [0.2, 0.25) is 11.8 Å². The molecule has 1 aromatic rings. The predicted octanol–water partition coefficient (Wildman–Crippen LogP) is 2.18. The molecule has 142 valence electrons. The van der Waals surface area contributed by atoms with Gasteiger partial charge in [0, 0.05) is 37.0 Å². The van der Waals surface area contributed by atoms with E-state index in [1.165, 1.54) is 0 Å². The summed E-state index contributed by atoms with van der Waals surface area (Å²) < 4.78 is 10.9. The molecule has 1 aliphatic carbocycles. The van der Waals surface area contributed by atoms with Crippen molar-refractivity contribution in [3.05, 3.63) is 23.8 Å². The van der Waals surface area contributed by atoms with Crippen molar-refractivity contribution in [2.75, 3.05) is 33.9 Å². The quantitative estimate of drug-likeness (QED) is 0.809. The van der Waals surface area contributed by atoms with Crippen LogP contribution in [0.15, 0.2) is 18.2 Å². The van der Waals surface area contributed by atoms with Crippen LogP contribution in [0.4, 0.5) is 0 Å². The Bertz CT molecular complexity index is 672. The zero-order valence-corrected chi connectivity index (χ0v) is 15.8. The number of rotatable bonds is 7. The summed E-state index contributed by atoms with van der Waals surface area (Å²) in [5, 5.41) is 3.00. The first kappa shape index (κ1) is 18.5. The van der Waals surface area contributed by atoms with Crippen LogP contribution >= 0.6 is 0 Å². The van der Waals surface area contributed by atoms with E-state index >= 15 is 0 Å². The van der Waals surface area contributed by atoms with Crippen molar-refractivity contribution in [3.8, 4) is 11.5 Å². The molecule has 0 bridgehead atoms. The van der Waals surface area contributed by atoms with Crippen LogP contribution in [0.5, 0.6) is 11.5 Å². The normalized spacial score (nSPS) is 22.2. The summed E-state index contributed by atoms with van der Waals surface area (Å²) in [6.07, 6.45) is 2.82. The number of hydrogen-bond donors (Lipinski definition) is 1. The van der Waals surface area contributed by atoms with Crippen LogP contribution in [-0.2, 0) is 9.59 Å². The molecular weight excluding hydrogens is 332 g/mol. The third-order valence-electron chi connectivity index (χ3n) is 5.28. The van der Waals surface area contributed by atoms with E-state index < -0.39 is 0 Å². The molecule has 2 unspecified atom stereocenters. The van der Waals surface area contributed by atoms with Crippen LogP contribution in [0.3, 0.4) is 0 Å². The fraction of sp³-hybridized carbons (Fsp3) is 0.600. The van der Waals surface area contributed by atoms with Crippen molar-refractivity contribution in [3.63, 3.8) is 0 Å². The van der Waals surface area contributed by atoms with Crippen LogP contribution in [0.2, 0.25) is 0 Å². The molecule has 0 radical (unpaired) electrons. The lowest BCUT2D eigenvalue weighted by atomic mass is 9.87. The van der Waals surface area contributed by atoms with Gasteiger partial charge in [0.15, 0.2) is 0 Å². The number of carbonyl (C=O) groups is 2. The maximum atomic E-state index is 12.8. The van der Waals surface area contributed by atoms with Crippen LogP contribution in [0.1, 0.15) is 37.7 Å². The van der Waals surface area contributed by atoms with Gasteiger partial charge in [-0.15, -0.1) is 0 Å². The van der Waals surface area contributed by atoms with E-state index in [9.17, 15) is 9.59 Å². The number of nitrogens with one attached hydrogen (secondary N) is 1. The second kappa shape index (κ2) is 7.98. The predicted molar refractivity (Wildman–Crippen MR) is 98.4 cm³/mol. The fourth-order valence-corrected chi connectivity index (χ4v) is 3.66. The van der Waals surface area contributed by atoms with E-state index in [1.54, 1.807) is 14.2 Å². The summed E-state index contributed by atoms with van der Waals surface area (Å²) in [5.74, 6) is 1.42. The Kier molecular flexibility index (Phi) is 5.69. The highest BCUT2D eigenvalue weighted by atomic mass is 16.5. The van der Waals surface area contributed by atoms with Gasteiger partial charge in [0.25, 0.3) is 0 Å². The second-order valence-corrected chi connectivity index (χ2v) is 7.13. The van der Waals surface area contributed by atoms with E-state index in [-0.39, 0.29) is 29.6 Å². The van der Waals surface area contributed by atoms with Gasteiger partial charge in [-0.2, -0.15) is 0 Å². The number of nitrogens with zero attached hydrogens (tertiary/aromatic N) is 1. The van der Waals surface area contributed by atoms with Gasteiger partial charge >= 0.3 is 0 Å². The molecule has 0 aromatic heterocycles. The van der Waals surface area contributed by atoms with Gasteiger partial charge in [-0.1, -0.05) is 6.92 Å². The van der Waals surface area contributed by atoms with Crippen molar-refractivity contribution >= 4 is 11.8 Å². The van der Waals surface area contributed by atoms with E-state index in [0.717, 1.165) is 36.3 Å². The highest BCUT2D eigenvalue weighted by Gasteiger charge is 2.44. The van der Waals surface area contributed by atoms with Gasteiger partial charge in [-0.05, 0) is 37.5 Å². The number of carbonyl (C=O) groups excluding carboxylic acids is 2. The highest BCUT2D eigenvalue weighted by molar-refractivity contribution is 5.85. The Morgan fingerprint density at radius 3 is 2.58 bits per heavy atom. The van der Waals surface area contributed by atoms with Crippen molar-refractivity contribution in [2.24, 2.45) is 11.8 Å². The summed E-state index contributed by atoms with van der Waals surface area (Å²) in [6.45, 7) is 3.69. The summed E-state index contributed by atoms with van der Waals surface area (Å²) in [4.78, 5) is 27.2. The minimum absolute atomic E-state index is 0.00724. The molecule has 1 aliphatic heterocycles. The number of amides is 2. The molecular formula is C20H28N2O4. The lowest BCUT2D eigenvalue weighted by Crippen LogP contribution is -2.36.